The third-order valence-electron chi connectivity index (χ3n) is 4.03. The molecule has 0 aliphatic heterocycles. The monoisotopic (exact) mass is 287 g/mol. The van der Waals surface area contributed by atoms with E-state index >= 15 is 0 Å². The molecule has 0 bridgehead atoms. The van der Waals surface area contributed by atoms with E-state index in [2.05, 4.69) is 55.6 Å². The molecule has 116 valence electrons. The van der Waals surface area contributed by atoms with Crippen molar-refractivity contribution >= 4 is 0 Å². The largest absolute Gasteiger partial charge is 0.494 e. The molecule has 1 N–H and O–H groups in total. The van der Waals surface area contributed by atoms with E-state index in [0.717, 1.165) is 37.8 Å². The summed E-state index contributed by atoms with van der Waals surface area (Å²) in [4.78, 5) is 0. The van der Waals surface area contributed by atoms with Gasteiger partial charge in [0.1, 0.15) is 5.75 Å². The summed E-state index contributed by atoms with van der Waals surface area (Å²) >= 11 is 0. The highest BCUT2D eigenvalue weighted by Crippen LogP contribution is 2.17. The van der Waals surface area contributed by atoms with Gasteiger partial charge in [0.25, 0.3) is 0 Å². The molecule has 0 saturated heterocycles. The summed E-state index contributed by atoms with van der Waals surface area (Å²) in [7, 11) is 0. The first kappa shape index (κ1) is 16.1. The smallest absolute Gasteiger partial charge is 0.119 e. The predicted octanol–water partition coefficient (Wildman–Crippen LogP) is 4.56. The van der Waals surface area contributed by atoms with E-state index in [1.54, 1.807) is 0 Å². The molecule has 0 spiro atoms. The lowest BCUT2D eigenvalue weighted by molar-refractivity contribution is 0.289. The van der Waals surface area contributed by atoms with Gasteiger partial charge in [0.2, 0.25) is 0 Å². The molecular weight excluding hydrogens is 258 g/mol. The van der Waals surface area contributed by atoms with Crippen LogP contribution in [0.25, 0.3) is 0 Å². The van der Waals surface area contributed by atoms with E-state index in [1.165, 1.54) is 24.8 Å². The average Bonchev–Trinajstić information content (AvgIpc) is 2.50. The molecule has 0 saturated carbocycles. The second-order valence-corrected chi connectivity index (χ2v) is 6.46. The van der Waals surface area contributed by atoms with Crippen LogP contribution in [-0.2, 0) is 6.54 Å². The number of hydrogen-bond acceptors (Lipinski definition) is 2. The zero-order valence-corrected chi connectivity index (χ0v) is 13.5. The van der Waals surface area contributed by atoms with Gasteiger partial charge in [-0.1, -0.05) is 38.1 Å². The molecule has 1 aromatic rings. The average molecular weight is 287 g/mol. The fourth-order valence-electron chi connectivity index (χ4n) is 2.58. The Morgan fingerprint density at radius 1 is 1.19 bits per heavy atom. The van der Waals surface area contributed by atoms with Gasteiger partial charge in [-0.2, -0.15) is 0 Å². The second-order valence-electron chi connectivity index (χ2n) is 6.46. The first-order chi connectivity index (χ1) is 10.2. The number of ether oxygens (including phenoxy) is 1. The van der Waals surface area contributed by atoms with Crippen molar-refractivity contribution in [3.05, 3.63) is 42.0 Å². The number of rotatable bonds is 8. The molecule has 0 aromatic heterocycles. The Hall–Kier alpha value is -1.28. The highest BCUT2D eigenvalue weighted by Gasteiger charge is 2.08. The first-order valence-corrected chi connectivity index (χ1v) is 8.31. The number of nitrogens with one attached hydrogen (secondary N) is 1. The number of benzene rings is 1. The van der Waals surface area contributed by atoms with Crippen LogP contribution >= 0.6 is 0 Å². The SMILES string of the molecule is CC(C)CCOc1ccc(CNCC2CC=CCC2)cc1. The summed E-state index contributed by atoms with van der Waals surface area (Å²) in [6.07, 6.45) is 9.53. The van der Waals surface area contributed by atoms with Crippen molar-refractivity contribution in [1.82, 2.24) is 5.32 Å². The third kappa shape index (κ3) is 6.34. The molecular formula is C19H29NO. The summed E-state index contributed by atoms with van der Waals surface area (Å²) in [6.45, 7) is 7.33. The van der Waals surface area contributed by atoms with Crippen LogP contribution in [0.5, 0.6) is 5.75 Å². The normalized spacial score (nSPS) is 18.1. The molecule has 1 atom stereocenters. The molecule has 0 heterocycles. The fraction of sp³-hybridized carbons (Fsp3) is 0.579. The van der Waals surface area contributed by atoms with Crippen LogP contribution in [0.15, 0.2) is 36.4 Å². The first-order valence-electron chi connectivity index (χ1n) is 8.31. The molecule has 2 rings (SSSR count). The van der Waals surface area contributed by atoms with Gasteiger partial charge in [0, 0.05) is 6.54 Å². The van der Waals surface area contributed by atoms with E-state index in [1.807, 2.05) is 0 Å². The summed E-state index contributed by atoms with van der Waals surface area (Å²) in [5.41, 5.74) is 1.33. The van der Waals surface area contributed by atoms with Crippen molar-refractivity contribution in [2.75, 3.05) is 13.2 Å². The Morgan fingerprint density at radius 2 is 2.00 bits per heavy atom. The maximum Gasteiger partial charge on any atom is 0.119 e. The van der Waals surface area contributed by atoms with Gasteiger partial charge in [-0.3, -0.25) is 0 Å². The van der Waals surface area contributed by atoms with Crippen molar-refractivity contribution in [3.8, 4) is 5.75 Å². The van der Waals surface area contributed by atoms with E-state index in [9.17, 15) is 0 Å². The van der Waals surface area contributed by atoms with Crippen LogP contribution in [-0.4, -0.2) is 13.2 Å². The summed E-state index contributed by atoms with van der Waals surface area (Å²) in [5.74, 6) is 2.49. The van der Waals surface area contributed by atoms with Crippen molar-refractivity contribution < 1.29 is 4.74 Å². The second kappa shape index (κ2) is 8.89. The Morgan fingerprint density at radius 3 is 2.67 bits per heavy atom. The van der Waals surface area contributed by atoms with Crippen LogP contribution in [0.4, 0.5) is 0 Å². The van der Waals surface area contributed by atoms with Gasteiger partial charge in [0.15, 0.2) is 0 Å². The molecule has 2 nitrogen and oxygen atoms in total. The lowest BCUT2D eigenvalue weighted by Gasteiger charge is -2.18. The Kier molecular flexibility index (Phi) is 6.81. The fourth-order valence-corrected chi connectivity index (χ4v) is 2.58. The molecule has 2 heteroatoms. The lowest BCUT2D eigenvalue weighted by Crippen LogP contribution is -2.23. The van der Waals surface area contributed by atoms with Gasteiger partial charge < -0.3 is 10.1 Å². The Bertz CT molecular complexity index is 422. The van der Waals surface area contributed by atoms with Gasteiger partial charge in [-0.15, -0.1) is 0 Å². The summed E-state index contributed by atoms with van der Waals surface area (Å²) in [6, 6.07) is 8.50. The highest BCUT2D eigenvalue weighted by molar-refractivity contribution is 5.27. The van der Waals surface area contributed by atoms with Gasteiger partial charge in [0.05, 0.1) is 6.61 Å². The zero-order chi connectivity index (χ0) is 14.9. The highest BCUT2D eigenvalue weighted by atomic mass is 16.5. The van der Waals surface area contributed by atoms with Crippen LogP contribution in [0, 0.1) is 11.8 Å². The van der Waals surface area contributed by atoms with Gasteiger partial charge >= 0.3 is 0 Å². The van der Waals surface area contributed by atoms with Crippen molar-refractivity contribution in [2.24, 2.45) is 11.8 Å². The number of hydrogen-bond donors (Lipinski definition) is 1. The molecule has 1 aromatic carbocycles. The maximum atomic E-state index is 5.74. The van der Waals surface area contributed by atoms with Gasteiger partial charge in [-0.25, -0.2) is 0 Å². The molecule has 0 fully saturated rings. The quantitative estimate of drug-likeness (QED) is 0.708. The molecule has 1 unspecified atom stereocenters. The van der Waals surface area contributed by atoms with Crippen molar-refractivity contribution in [2.45, 2.75) is 46.1 Å². The van der Waals surface area contributed by atoms with Crippen molar-refractivity contribution in [1.29, 1.82) is 0 Å². The van der Waals surface area contributed by atoms with E-state index in [-0.39, 0.29) is 0 Å². The van der Waals surface area contributed by atoms with Crippen molar-refractivity contribution in [3.63, 3.8) is 0 Å². The van der Waals surface area contributed by atoms with E-state index in [4.69, 9.17) is 4.74 Å². The number of allylic oxidation sites excluding steroid dienone is 2. The molecule has 1 aliphatic carbocycles. The minimum absolute atomic E-state index is 0.697. The van der Waals surface area contributed by atoms with Crippen LogP contribution in [0.1, 0.15) is 45.1 Å². The molecule has 0 amide bonds. The van der Waals surface area contributed by atoms with Crippen LogP contribution in [0.2, 0.25) is 0 Å². The Balaban J connectivity index is 1.66. The predicted molar refractivity (Wildman–Crippen MR) is 89.6 cm³/mol. The summed E-state index contributed by atoms with van der Waals surface area (Å²) < 4.78 is 5.74. The zero-order valence-electron chi connectivity index (χ0n) is 13.5. The third-order valence-corrected chi connectivity index (χ3v) is 4.03. The summed E-state index contributed by atoms with van der Waals surface area (Å²) in [5, 5.41) is 3.57. The van der Waals surface area contributed by atoms with Crippen LogP contribution in [0.3, 0.4) is 0 Å². The maximum absolute atomic E-state index is 5.74. The molecule has 21 heavy (non-hydrogen) atoms. The van der Waals surface area contributed by atoms with E-state index in [0.29, 0.717) is 5.92 Å². The molecule has 0 radical (unpaired) electrons. The molecule has 1 aliphatic rings. The topological polar surface area (TPSA) is 21.3 Å². The minimum atomic E-state index is 0.697. The minimum Gasteiger partial charge on any atom is -0.494 e. The van der Waals surface area contributed by atoms with Gasteiger partial charge in [-0.05, 0) is 61.8 Å². The lowest BCUT2D eigenvalue weighted by atomic mass is 9.94. The van der Waals surface area contributed by atoms with Crippen LogP contribution < -0.4 is 10.1 Å². The Labute approximate surface area is 129 Å². The van der Waals surface area contributed by atoms with E-state index < -0.39 is 0 Å². The standard InChI is InChI=1S/C19H29NO/c1-16(2)12-13-21-19-10-8-18(9-11-19)15-20-14-17-6-4-3-5-7-17/h3-4,8-11,16-17,20H,5-7,12-15H2,1-2H3.